The molecule has 4 aromatic rings. The number of likely N-dealkylation sites (tertiary alicyclic amines) is 1. The SMILES string of the molecule is C=CC(=O)N1CCN(c2nc(OCC3CCCN3C)nc3c(F)c(-c4cccc5ccc(F)c(Cl)c45)ccc23)C(C)C1. The molecule has 1 amide bonds. The summed E-state index contributed by atoms with van der Waals surface area (Å²) in [5.41, 5.74) is 0.825. The first-order chi connectivity index (χ1) is 20.3. The predicted octanol–water partition coefficient (Wildman–Crippen LogP) is 6.08. The van der Waals surface area contributed by atoms with E-state index in [2.05, 4.69) is 28.4 Å². The highest BCUT2D eigenvalue weighted by Gasteiger charge is 2.30. The van der Waals surface area contributed by atoms with Crippen LogP contribution in [0.1, 0.15) is 19.8 Å². The summed E-state index contributed by atoms with van der Waals surface area (Å²) < 4.78 is 37.2. The number of rotatable bonds is 6. The van der Waals surface area contributed by atoms with Gasteiger partial charge in [-0.05, 0) is 62.5 Å². The molecule has 2 aliphatic rings. The van der Waals surface area contributed by atoms with E-state index in [1.165, 1.54) is 12.1 Å². The fraction of sp³-hybridized carbons (Fsp3) is 0.344. The van der Waals surface area contributed by atoms with Gasteiger partial charge < -0.3 is 19.4 Å². The molecular formula is C32H32ClF2N5O2. The Balaban J connectivity index is 1.47. The molecule has 42 heavy (non-hydrogen) atoms. The Morgan fingerprint density at radius 3 is 2.69 bits per heavy atom. The highest BCUT2D eigenvalue weighted by Crippen LogP contribution is 2.40. The molecule has 218 valence electrons. The zero-order chi connectivity index (χ0) is 29.5. The van der Waals surface area contributed by atoms with Gasteiger partial charge in [0.15, 0.2) is 5.82 Å². The van der Waals surface area contributed by atoms with E-state index in [1.54, 1.807) is 35.2 Å². The van der Waals surface area contributed by atoms with Crippen molar-refractivity contribution in [3.63, 3.8) is 0 Å². The molecule has 2 unspecified atom stereocenters. The van der Waals surface area contributed by atoms with Gasteiger partial charge in [0.25, 0.3) is 0 Å². The van der Waals surface area contributed by atoms with Crippen LogP contribution in [0.5, 0.6) is 6.01 Å². The lowest BCUT2D eigenvalue weighted by atomic mass is 9.96. The summed E-state index contributed by atoms with van der Waals surface area (Å²) in [5, 5.41) is 1.60. The van der Waals surface area contributed by atoms with Gasteiger partial charge in [0.2, 0.25) is 5.91 Å². The van der Waals surface area contributed by atoms with Crippen molar-refractivity contribution in [2.24, 2.45) is 0 Å². The highest BCUT2D eigenvalue weighted by atomic mass is 35.5. The number of carbonyl (C=O) groups is 1. The van der Waals surface area contributed by atoms with Crippen molar-refractivity contribution in [3.8, 4) is 17.1 Å². The van der Waals surface area contributed by atoms with E-state index in [0.717, 1.165) is 19.4 Å². The second kappa shape index (κ2) is 11.5. The van der Waals surface area contributed by atoms with Crippen LogP contribution < -0.4 is 9.64 Å². The van der Waals surface area contributed by atoms with Crippen LogP contribution in [0.25, 0.3) is 32.8 Å². The number of halogens is 3. The lowest BCUT2D eigenvalue weighted by Gasteiger charge is -2.40. The molecule has 10 heteroatoms. The van der Waals surface area contributed by atoms with E-state index >= 15 is 4.39 Å². The minimum atomic E-state index is -0.571. The smallest absolute Gasteiger partial charge is 0.319 e. The second-order valence-corrected chi connectivity index (χ2v) is 11.4. The number of hydrogen-bond donors (Lipinski definition) is 0. The third-order valence-electron chi connectivity index (χ3n) is 8.45. The molecule has 0 N–H and O–H groups in total. The Hall–Kier alpha value is -3.82. The van der Waals surface area contributed by atoms with Gasteiger partial charge >= 0.3 is 6.01 Å². The molecule has 0 saturated carbocycles. The number of aromatic nitrogens is 2. The molecule has 0 aliphatic carbocycles. The number of anilines is 1. The topological polar surface area (TPSA) is 61.8 Å². The maximum absolute atomic E-state index is 16.6. The number of carbonyl (C=O) groups excluding carboxylic acids is 1. The molecule has 2 saturated heterocycles. The summed E-state index contributed by atoms with van der Waals surface area (Å²) in [6.07, 6.45) is 3.41. The summed E-state index contributed by atoms with van der Waals surface area (Å²) in [7, 11) is 2.06. The van der Waals surface area contributed by atoms with Gasteiger partial charge in [-0.2, -0.15) is 9.97 Å². The summed E-state index contributed by atoms with van der Waals surface area (Å²) in [6, 6.07) is 11.9. The molecule has 0 bridgehead atoms. The van der Waals surface area contributed by atoms with Crippen molar-refractivity contribution in [3.05, 3.63) is 71.8 Å². The van der Waals surface area contributed by atoms with Gasteiger partial charge in [-0.25, -0.2) is 8.78 Å². The van der Waals surface area contributed by atoms with Gasteiger partial charge in [-0.15, -0.1) is 0 Å². The Labute approximate surface area is 248 Å². The summed E-state index contributed by atoms with van der Waals surface area (Å²) >= 11 is 6.39. The minimum Gasteiger partial charge on any atom is -0.462 e. The monoisotopic (exact) mass is 591 g/mol. The van der Waals surface area contributed by atoms with Crippen LogP contribution >= 0.6 is 11.6 Å². The van der Waals surface area contributed by atoms with Crippen LogP contribution in [-0.4, -0.2) is 77.6 Å². The van der Waals surface area contributed by atoms with E-state index in [0.29, 0.717) is 53.8 Å². The van der Waals surface area contributed by atoms with Crippen molar-refractivity contribution >= 4 is 45.0 Å². The number of nitrogens with zero attached hydrogens (tertiary/aromatic N) is 5. The summed E-state index contributed by atoms with van der Waals surface area (Å²) in [4.78, 5) is 27.7. The number of amides is 1. The average molecular weight is 592 g/mol. The van der Waals surface area contributed by atoms with Gasteiger partial charge in [-0.3, -0.25) is 4.79 Å². The standard InChI is InChI=1S/C32H32ClF2N5O2/c1-4-26(41)39-15-16-40(19(2)17-39)31-24-12-11-23(22-9-5-7-20-10-13-25(34)28(33)27(20)22)29(35)30(24)36-32(37-31)42-18-21-8-6-14-38(21)3/h4-5,7,9-13,19,21H,1,6,8,14-18H2,2-3H3. The van der Waals surface area contributed by atoms with Crippen LogP contribution in [0, 0.1) is 11.6 Å². The van der Waals surface area contributed by atoms with Crippen molar-refractivity contribution in [2.75, 3.05) is 44.7 Å². The first kappa shape index (κ1) is 28.3. The van der Waals surface area contributed by atoms with Crippen molar-refractivity contribution in [1.29, 1.82) is 0 Å². The van der Waals surface area contributed by atoms with Crippen LogP contribution in [0.4, 0.5) is 14.6 Å². The first-order valence-corrected chi connectivity index (χ1v) is 14.5. The van der Waals surface area contributed by atoms with Crippen LogP contribution in [0.15, 0.2) is 55.1 Å². The molecular weight excluding hydrogens is 560 g/mol. The molecule has 2 aliphatic heterocycles. The minimum absolute atomic E-state index is 0.0588. The molecule has 0 spiro atoms. The normalized spacial score (nSPS) is 19.5. The van der Waals surface area contributed by atoms with E-state index in [-0.39, 0.29) is 40.1 Å². The number of ether oxygens (including phenoxy) is 1. The zero-order valence-corrected chi connectivity index (χ0v) is 24.4. The Morgan fingerprint density at radius 2 is 1.95 bits per heavy atom. The zero-order valence-electron chi connectivity index (χ0n) is 23.6. The molecule has 3 heterocycles. The van der Waals surface area contributed by atoms with Crippen LogP contribution in [0.3, 0.4) is 0 Å². The third-order valence-corrected chi connectivity index (χ3v) is 8.82. The Bertz CT molecular complexity index is 1700. The second-order valence-electron chi connectivity index (χ2n) is 11.0. The molecule has 7 nitrogen and oxygen atoms in total. The van der Waals surface area contributed by atoms with Crippen LogP contribution in [-0.2, 0) is 4.79 Å². The summed E-state index contributed by atoms with van der Waals surface area (Å²) in [5.74, 6) is -0.724. The van der Waals surface area contributed by atoms with Gasteiger partial charge in [0.1, 0.15) is 23.8 Å². The lowest BCUT2D eigenvalue weighted by Crippen LogP contribution is -2.53. The molecule has 6 rings (SSSR count). The fourth-order valence-corrected chi connectivity index (χ4v) is 6.39. The fourth-order valence-electron chi connectivity index (χ4n) is 6.11. The van der Waals surface area contributed by atoms with Crippen molar-refractivity contribution in [1.82, 2.24) is 19.8 Å². The average Bonchev–Trinajstić information content (AvgIpc) is 3.41. The number of piperazine rings is 1. The van der Waals surface area contributed by atoms with Crippen LogP contribution in [0.2, 0.25) is 5.02 Å². The molecule has 2 fully saturated rings. The van der Waals surface area contributed by atoms with Gasteiger partial charge in [0.05, 0.1) is 5.02 Å². The number of benzene rings is 3. The van der Waals surface area contributed by atoms with E-state index < -0.39 is 11.6 Å². The number of likely N-dealkylation sites (N-methyl/N-ethyl adjacent to an activating group) is 1. The third kappa shape index (κ3) is 5.05. The lowest BCUT2D eigenvalue weighted by molar-refractivity contribution is -0.126. The first-order valence-electron chi connectivity index (χ1n) is 14.1. The summed E-state index contributed by atoms with van der Waals surface area (Å²) in [6.45, 7) is 8.44. The maximum atomic E-state index is 16.6. The Morgan fingerprint density at radius 1 is 1.12 bits per heavy atom. The van der Waals surface area contributed by atoms with Crippen molar-refractivity contribution < 1.29 is 18.3 Å². The largest absolute Gasteiger partial charge is 0.462 e. The van der Waals surface area contributed by atoms with Gasteiger partial charge in [-0.1, -0.05) is 48.5 Å². The molecule has 1 aromatic heterocycles. The highest BCUT2D eigenvalue weighted by molar-refractivity contribution is 6.37. The van der Waals surface area contributed by atoms with Gasteiger partial charge in [0, 0.05) is 48.1 Å². The van der Waals surface area contributed by atoms with E-state index in [4.69, 9.17) is 21.3 Å². The van der Waals surface area contributed by atoms with E-state index in [1.807, 2.05) is 13.0 Å². The predicted molar refractivity (Wildman–Crippen MR) is 162 cm³/mol. The van der Waals surface area contributed by atoms with Crippen molar-refractivity contribution in [2.45, 2.75) is 31.8 Å². The maximum Gasteiger partial charge on any atom is 0.319 e. The molecule has 3 aromatic carbocycles. The number of fused-ring (bicyclic) bond motifs is 2. The number of hydrogen-bond acceptors (Lipinski definition) is 6. The molecule has 0 radical (unpaired) electrons. The Kier molecular flexibility index (Phi) is 7.72. The molecule has 2 atom stereocenters. The quantitative estimate of drug-likeness (QED) is 0.253. The van der Waals surface area contributed by atoms with E-state index in [9.17, 15) is 9.18 Å².